The molecule has 0 N–H and O–H groups in total. The van der Waals surface area contributed by atoms with E-state index in [9.17, 15) is 14.9 Å². The van der Waals surface area contributed by atoms with Crippen LogP contribution < -0.4 is 4.74 Å². The summed E-state index contributed by atoms with van der Waals surface area (Å²) in [6.07, 6.45) is 8.12. The second kappa shape index (κ2) is 11.8. The zero-order valence-corrected chi connectivity index (χ0v) is 18.4. The van der Waals surface area contributed by atoms with Crippen molar-refractivity contribution in [3.05, 3.63) is 81.9 Å². The molecule has 0 atom stereocenters. The van der Waals surface area contributed by atoms with Crippen LogP contribution in [0.25, 0.3) is 12.2 Å². The van der Waals surface area contributed by atoms with E-state index >= 15 is 0 Å². The summed E-state index contributed by atoms with van der Waals surface area (Å²) in [6.45, 7) is 6.15. The maximum absolute atomic E-state index is 12.6. The molecule has 1 aliphatic rings. The summed E-state index contributed by atoms with van der Waals surface area (Å²) in [5, 5.41) is 11.3. The van der Waals surface area contributed by atoms with Crippen molar-refractivity contribution in [3.63, 3.8) is 0 Å². The highest BCUT2D eigenvalue weighted by molar-refractivity contribution is 5.92. The van der Waals surface area contributed by atoms with Gasteiger partial charge in [-0.15, -0.1) is 0 Å². The van der Waals surface area contributed by atoms with E-state index in [1.807, 2.05) is 25.1 Å². The van der Waals surface area contributed by atoms with E-state index in [1.54, 1.807) is 23.1 Å². The van der Waals surface area contributed by atoms with Crippen LogP contribution in [0.5, 0.6) is 5.75 Å². The van der Waals surface area contributed by atoms with E-state index in [-0.39, 0.29) is 17.3 Å². The normalized spacial score (nSPS) is 14.8. The molecule has 7 heteroatoms. The molecule has 0 aliphatic carbocycles. The Bertz CT molecular complexity index is 964. The Hall–Kier alpha value is -3.45. The van der Waals surface area contributed by atoms with E-state index in [4.69, 9.17) is 4.74 Å². The number of piperazine rings is 1. The molecular formula is C25H29N3O4. The van der Waals surface area contributed by atoms with Crippen molar-refractivity contribution in [2.45, 2.75) is 13.3 Å². The van der Waals surface area contributed by atoms with E-state index < -0.39 is 4.92 Å². The van der Waals surface area contributed by atoms with Gasteiger partial charge in [-0.3, -0.25) is 19.8 Å². The number of rotatable bonds is 9. The average molecular weight is 436 g/mol. The van der Waals surface area contributed by atoms with E-state index in [0.717, 1.165) is 26.1 Å². The van der Waals surface area contributed by atoms with Crippen LogP contribution >= 0.6 is 0 Å². The van der Waals surface area contributed by atoms with Gasteiger partial charge < -0.3 is 9.64 Å². The molecule has 0 aromatic heterocycles. The molecule has 0 saturated carbocycles. The quantitative estimate of drug-likeness (QED) is 0.334. The number of carbonyl (C=O) groups is 1. The lowest BCUT2D eigenvalue weighted by atomic mass is 10.1. The summed E-state index contributed by atoms with van der Waals surface area (Å²) < 4.78 is 5.44. The molecule has 0 bridgehead atoms. The second-order valence-corrected chi connectivity index (χ2v) is 7.61. The molecule has 32 heavy (non-hydrogen) atoms. The molecule has 3 rings (SSSR count). The van der Waals surface area contributed by atoms with Crippen molar-refractivity contribution in [2.75, 3.05) is 39.3 Å². The third-order valence-corrected chi connectivity index (χ3v) is 5.22. The van der Waals surface area contributed by atoms with Crippen LogP contribution in [0.1, 0.15) is 24.5 Å². The van der Waals surface area contributed by atoms with Crippen LogP contribution in [0.15, 0.2) is 60.7 Å². The minimum absolute atomic E-state index is 0.0848. The van der Waals surface area contributed by atoms with Crippen LogP contribution in [0.2, 0.25) is 0 Å². The van der Waals surface area contributed by atoms with Crippen molar-refractivity contribution in [1.82, 2.24) is 9.80 Å². The molecule has 1 saturated heterocycles. The summed E-state index contributed by atoms with van der Waals surface area (Å²) in [4.78, 5) is 27.5. The SMILES string of the molecule is CCCOc1ccc(/C=C/C(=O)N2CCN(C/C=C/c3ccccc3)CC2)cc1[N+](=O)[O-]. The first-order chi connectivity index (χ1) is 15.6. The molecule has 1 fully saturated rings. The highest BCUT2D eigenvalue weighted by Crippen LogP contribution is 2.28. The molecule has 7 nitrogen and oxygen atoms in total. The number of benzene rings is 2. The summed E-state index contributed by atoms with van der Waals surface area (Å²) in [6, 6.07) is 14.9. The Balaban J connectivity index is 1.50. The fraction of sp³-hybridized carbons (Fsp3) is 0.320. The Kier molecular flexibility index (Phi) is 8.57. The number of nitro benzene ring substituents is 1. The molecule has 0 spiro atoms. The zero-order valence-electron chi connectivity index (χ0n) is 18.4. The van der Waals surface area contributed by atoms with Crippen LogP contribution in [0.3, 0.4) is 0 Å². The Morgan fingerprint density at radius 1 is 1.06 bits per heavy atom. The Morgan fingerprint density at radius 3 is 2.50 bits per heavy atom. The molecule has 0 unspecified atom stereocenters. The van der Waals surface area contributed by atoms with Gasteiger partial charge in [0.25, 0.3) is 0 Å². The summed E-state index contributed by atoms with van der Waals surface area (Å²) in [7, 11) is 0. The highest BCUT2D eigenvalue weighted by atomic mass is 16.6. The predicted octanol–water partition coefficient (Wildman–Crippen LogP) is 4.25. The van der Waals surface area contributed by atoms with Gasteiger partial charge in [0.1, 0.15) is 0 Å². The third-order valence-electron chi connectivity index (χ3n) is 5.22. The van der Waals surface area contributed by atoms with Gasteiger partial charge in [-0.2, -0.15) is 0 Å². The number of amides is 1. The topological polar surface area (TPSA) is 75.9 Å². The maximum Gasteiger partial charge on any atom is 0.311 e. The van der Waals surface area contributed by atoms with Crippen molar-refractivity contribution in [2.24, 2.45) is 0 Å². The number of hydrogen-bond donors (Lipinski definition) is 0. The number of ether oxygens (including phenoxy) is 1. The molecule has 1 aliphatic heterocycles. The molecule has 2 aromatic rings. The number of nitro groups is 1. The van der Waals surface area contributed by atoms with Crippen LogP contribution in [-0.2, 0) is 4.79 Å². The van der Waals surface area contributed by atoms with Gasteiger partial charge in [-0.05, 0) is 29.7 Å². The lowest BCUT2D eigenvalue weighted by Gasteiger charge is -2.33. The highest BCUT2D eigenvalue weighted by Gasteiger charge is 2.19. The summed E-state index contributed by atoms with van der Waals surface area (Å²) >= 11 is 0. The van der Waals surface area contributed by atoms with E-state index in [2.05, 4.69) is 29.2 Å². The lowest BCUT2D eigenvalue weighted by Crippen LogP contribution is -2.48. The van der Waals surface area contributed by atoms with Crippen molar-refractivity contribution < 1.29 is 14.5 Å². The van der Waals surface area contributed by atoms with Gasteiger partial charge in [0.2, 0.25) is 5.91 Å². The lowest BCUT2D eigenvalue weighted by molar-refractivity contribution is -0.385. The Morgan fingerprint density at radius 2 is 1.81 bits per heavy atom. The Labute approximate surface area is 188 Å². The second-order valence-electron chi connectivity index (χ2n) is 7.61. The molecule has 168 valence electrons. The van der Waals surface area contributed by atoms with Crippen molar-refractivity contribution in [1.29, 1.82) is 0 Å². The van der Waals surface area contributed by atoms with Gasteiger partial charge in [-0.25, -0.2) is 0 Å². The third kappa shape index (κ3) is 6.78. The minimum atomic E-state index is -0.463. The molecule has 1 heterocycles. The first-order valence-corrected chi connectivity index (χ1v) is 10.9. The largest absolute Gasteiger partial charge is 0.487 e. The fourth-order valence-corrected chi connectivity index (χ4v) is 3.44. The predicted molar refractivity (Wildman–Crippen MR) is 126 cm³/mol. The van der Waals surface area contributed by atoms with Crippen molar-refractivity contribution in [3.8, 4) is 5.75 Å². The van der Waals surface area contributed by atoms with Crippen LogP contribution in [-0.4, -0.2) is 60.0 Å². The first kappa shape index (κ1) is 23.2. The van der Waals surface area contributed by atoms with Gasteiger partial charge in [-0.1, -0.05) is 55.5 Å². The zero-order chi connectivity index (χ0) is 22.8. The van der Waals surface area contributed by atoms with Crippen LogP contribution in [0, 0.1) is 10.1 Å². The number of carbonyl (C=O) groups excluding carboxylic acids is 1. The molecular weight excluding hydrogens is 406 g/mol. The molecule has 1 amide bonds. The monoisotopic (exact) mass is 435 g/mol. The fourth-order valence-electron chi connectivity index (χ4n) is 3.44. The summed E-state index contributed by atoms with van der Waals surface area (Å²) in [5.74, 6) is 0.163. The summed E-state index contributed by atoms with van der Waals surface area (Å²) in [5.41, 5.74) is 1.68. The molecule has 0 radical (unpaired) electrons. The number of nitrogens with zero attached hydrogens (tertiary/aromatic N) is 3. The van der Waals surface area contributed by atoms with Crippen LogP contribution in [0.4, 0.5) is 5.69 Å². The molecule has 2 aromatic carbocycles. The van der Waals surface area contributed by atoms with Gasteiger partial charge in [0.05, 0.1) is 11.5 Å². The standard InChI is InChI=1S/C25H29N3O4/c1-2-19-32-24-12-10-22(20-23(24)28(30)31)11-13-25(29)27-17-15-26(16-18-27)14-6-9-21-7-4-3-5-8-21/h3-13,20H,2,14-19H2,1H3/b9-6+,13-11+. The number of hydrogen-bond acceptors (Lipinski definition) is 5. The van der Waals surface area contributed by atoms with Gasteiger partial charge >= 0.3 is 5.69 Å². The van der Waals surface area contributed by atoms with Gasteiger partial charge in [0, 0.05) is 44.9 Å². The van der Waals surface area contributed by atoms with E-state index in [1.165, 1.54) is 17.7 Å². The average Bonchev–Trinajstić information content (AvgIpc) is 2.82. The smallest absolute Gasteiger partial charge is 0.311 e. The first-order valence-electron chi connectivity index (χ1n) is 10.9. The van der Waals surface area contributed by atoms with E-state index in [0.29, 0.717) is 25.3 Å². The maximum atomic E-state index is 12.6. The minimum Gasteiger partial charge on any atom is -0.487 e. The van der Waals surface area contributed by atoms with Crippen molar-refractivity contribution >= 4 is 23.7 Å². The van der Waals surface area contributed by atoms with Gasteiger partial charge in [0.15, 0.2) is 5.75 Å².